The molecule has 5 nitrogen and oxygen atoms in total. The van der Waals surface area contributed by atoms with Gasteiger partial charge in [0.05, 0.1) is 11.4 Å². The molecule has 1 heterocycles. The van der Waals surface area contributed by atoms with E-state index >= 15 is 0 Å². The minimum Gasteiger partial charge on any atom is -0.276 e. The maximum atomic E-state index is 4.35. The summed E-state index contributed by atoms with van der Waals surface area (Å²) in [6, 6.07) is 22.9. The molecule has 0 aliphatic rings. The number of anilines is 1. The predicted molar refractivity (Wildman–Crippen MR) is 91.8 cm³/mol. The van der Waals surface area contributed by atoms with E-state index < -0.39 is 0 Å². The highest BCUT2D eigenvalue weighted by Crippen LogP contribution is 2.12. The molecular formula is C18H15N5. The number of azo groups is 1. The third-order valence-electron chi connectivity index (χ3n) is 3.00. The van der Waals surface area contributed by atoms with Gasteiger partial charge in [0.25, 0.3) is 0 Å². The Hall–Kier alpha value is -3.34. The number of nitrogens with one attached hydrogen (secondary N) is 1. The van der Waals surface area contributed by atoms with E-state index in [4.69, 9.17) is 0 Å². The molecule has 0 atom stereocenters. The van der Waals surface area contributed by atoms with Gasteiger partial charge in [0.2, 0.25) is 5.84 Å². The first-order valence-corrected chi connectivity index (χ1v) is 7.18. The molecule has 1 aromatic heterocycles. The third kappa shape index (κ3) is 4.31. The van der Waals surface area contributed by atoms with Crippen LogP contribution in [0.25, 0.3) is 0 Å². The zero-order valence-corrected chi connectivity index (χ0v) is 12.4. The van der Waals surface area contributed by atoms with Crippen molar-refractivity contribution in [2.24, 2.45) is 15.3 Å². The number of aromatic nitrogens is 1. The summed E-state index contributed by atoms with van der Waals surface area (Å²) in [6.45, 7) is 0. The number of benzene rings is 2. The number of pyridine rings is 1. The van der Waals surface area contributed by atoms with E-state index in [1.165, 1.54) is 0 Å². The minimum atomic E-state index is 0.464. The second-order valence-corrected chi connectivity index (χ2v) is 4.69. The normalized spacial score (nSPS) is 11.6. The molecule has 23 heavy (non-hydrogen) atoms. The Balaban J connectivity index is 1.86. The SMILES string of the molecule is c1ccc(N=NC(=NNc2ccccc2)c2cccnc2)cc1. The van der Waals surface area contributed by atoms with Crippen LogP contribution in [0.15, 0.2) is 101 Å². The van der Waals surface area contributed by atoms with Crippen molar-refractivity contribution in [1.29, 1.82) is 0 Å². The van der Waals surface area contributed by atoms with E-state index in [9.17, 15) is 0 Å². The minimum absolute atomic E-state index is 0.464. The molecule has 0 saturated carbocycles. The van der Waals surface area contributed by atoms with Crippen molar-refractivity contribution in [3.8, 4) is 0 Å². The molecule has 0 amide bonds. The van der Waals surface area contributed by atoms with Gasteiger partial charge < -0.3 is 0 Å². The van der Waals surface area contributed by atoms with Gasteiger partial charge in [-0.3, -0.25) is 10.4 Å². The van der Waals surface area contributed by atoms with Gasteiger partial charge in [-0.2, -0.15) is 5.10 Å². The summed E-state index contributed by atoms with van der Waals surface area (Å²) in [5, 5.41) is 12.8. The van der Waals surface area contributed by atoms with E-state index in [2.05, 4.69) is 25.7 Å². The Kier molecular flexibility index (Phi) is 4.83. The molecule has 0 spiro atoms. The number of hydrazone groups is 1. The summed E-state index contributed by atoms with van der Waals surface area (Å²) in [6.07, 6.45) is 3.41. The molecule has 0 saturated heterocycles. The summed E-state index contributed by atoms with van der Waals surface area (Å²) >= 11 is 0. The van der Waals surface area contributed by atoms with Crippen molar-refractivity contribution in [3.63, 3.8) is 0 Å². The molecule has 0 fully saturated rings. The Morgan fingerprint density at radius 1 is 0.826 bits per heavy atom. The highest BCUT2D eigenvalue weighted by Gasteiger charge is 2.02. The maximum absolute atomic E-state index is 4.35. The zero-order valence-electron chi connectivity index (χ0n) is 12.4. The zero-order chi connectivity index (χ0) is 15.7. The van der Waals surface area contributed by atoms with Gasteiger partial charge in [-0.1, -0.05) is 36.4 Å². The van der Waals surface area contributed by atoms with Crippen molar-refractivity contribution in [1.82, 2.24) is 4.98 Å². The molecule has 0 unspecified atom stereocenters. The number of nitrogens with zero attached hydrogens (tertiary/aromatic N) is 4. The first-order valence-electron chi connectivity index (χ1n) is 7.18. The van der Waals surface area contributed by atoms with Crippen LogP contribution in [0.5, 0.6) is 0 Å². The number of hydrogen-bond acceptors (Lipinski definition) is 4. The van der Waals surface area contributed by atoms with Crippen LogP contribution in [0.3, 0.4) is 0 Å². The summed E-state index contributed by atoms with van der Waals surface area (Å²) < 4.78 is 0. The van der Waals surface area contributed by atoms with Crippen molar-refractivity contribution >= 4 is 17.2 Å². The van der Waals surface area contributed by atoms with E-state index in [0.29, 0.717) is 5.84 Å². The molecule has 3 rings (SSSR count). The molecule has 1 N–H and O–H groups in total. The standard InChI is InChI=1S/C18H15N5/c1-3-9-16(10-4-1)20-22-18(15-8-7-13-19-14-15)23-21-17-11-5-2-6-12-17/h1-14,20H. The Morgan fingerprint density at radius 2 is 1.57 bits per heavy atom. The first kappa shape index (κ1) is 14.6. The fraction of sp³-hybridized carbons (Fsp3) is 0. The van der Waals surface area contributed by atoms with Crippen LogP contribution in [0.4, 0.5) is 11.4 Å². The molecule has 0 radical (unpaired) electrons. The van der Waals surface area contributed by atoms with Crippen LogP contribution in [-0.2, 0) is 0 Å². The van der Waals surface area contributed by atoms with Gasteiger partial charge in [0, 0.05) is 18.0 Å². The quantitative estimate of drug-likeness (QED) is 0.330. The van der Waals surface area contributed by atoms with Gasteiger partial charge in [0.15, 0.2) is 0 Å². The van der Waals surface area contributed by atoms with Crippen LogP contribution < -0.4 is 5.43 Å². The average Bonchev–Trinajstić information content (AvgIpc) is 2.64. The molecule has 112 valence electrons. The molecule has 3 aromatic rings. The summed E-state index contributed by atoms with van der Waals surface area (Å²) in [5.74, 6) is 0.464. The van der Waals surface area contributed by atoms with Crippen molar-refractivity contribution in [2.45, 2.75) is 0 Å². The van der Waals surface area contributed by atoms with Gasteiger partial charge in [-0.25, -0.2) is 0 Å². The Morgan fingerprint density at radius 3 is 2.26 bits per heavy atom. The second kappa shape index (κ2) is 7.61. The predicted octanol–water partition coefficient (Wildman–Crippen LogP) is 4.64. The topological polar surface area (TPSA) is 62.0 Å². The lowest BCUT2D eigenvalue weighted by molar-refractivity contribution is 1.21. The van der Waals surface area contributed by atoms with Gasteiger partial charge in [0.1, 0.15) is 0 Å². The lowest BCUT2D eigenvalue weighted by atomic mass is 10.3. The largest absolute Gasteiger partial charge is 0.276 e. The molecule has 0 aliphatic heterocycles. The van der Waals surface area contributed by atoms with Gasteiger partial charge in [-0.05, 0) is 36.4 Å². The van der Waals surface area contributed by atoms with Crippen molar-refractivity contribution < 1.29 is 0 Å². The third-order valence-corrected chi connectivity index (χ3v) is 3.00. The lowest BCUT2D eigenvalue weighted by Crippen LogP contribution is -2.01. The highest BCUT2D eigenvalue weighted by molar-refractivity contribution is 5.99. The lowest BCUT2D eigenvalue weighted by Gasteiger charge is -2.02. The molecule has 0 aliphatic carbocycles. The van der Waals surface area contributed by atoms with Crippen LogP contribution in [-0.4, -0.2) is 10.8 Å². The number of para-hydroxylation sites is 1. The maximum Gasteiger partial charge on any atom is 0.202 e. The fourth-order valence-corrected chi connectivity index (χ4v) is 1.87. The molecule has 0 bridgehead atoms. The van der Waals surface area contributed by atoms with E-state index in [1.807, 2.05) is 72.8 Å². The molecule has 2 aromatic carbocycles. The van der Waals surface area contributed by atoms with Crippen LogP contribution >= 0.6 is 0 Å². The Labute approximate surface area is 134 Å². The average molecular weight is 301 g/mol. The van der Waals surface area contributed by atoms with E-state index in [0.717, 1.165) is 16.9 Å². The van der Waals surface area contributed by atoms with Crippen molar-refractivity contribution in [2.75, 3.05) is 5.43 Å². The fourth-order valence-electron chi connectivity index (χ4n) is 1.87. The summed E-state index contributed by atoms with van der Waals surface area (Å²) in [5.41, 5.74) is 5.42. The smallest absolute Gasteiger partial charge is 0.202 e. The van der Waals surface area contributed by atoms with Crippen LogP contribution in [0.1, 0.15) is 5.56 Å². The Bertz CT molecular complexity index is 783. The molecular weight excluding hydrogens is 286 g/mol. The number of rotatable bonds is 4. The summed E-state index contributed by atoms with van der Waals surface area (Å²) in [7, 11) is 0. The monoisotopic (exact) mass is 301 g/mol. The van der Waals surface area contributed by atoms with Crippen molar-refractivity contribution in [3.05, 3.63) is 90.8 Å². The summed E-state index contributed by atoms with van der Waals surface area (Å²) in [4.78, 5) is 4.11. The van der Waals surface area contributed by atoms with E-state index in [1.54, 1.807) is 12.4 Å². The second-order valence-electron chi connectivity index (χ2n) is 4.69. The van der Waals surface area contributed by atoms with E-state index in [-0.39, 0.29) is 0 Å². The highest BCUT2D eigenvalue weighted by atomic mass is 15.3. The van der Waals surface area contributed by atoms with Crippen LogP contribution in [0, 0.1) is 0 Å². The van der Waals surface area contributed by atoms with Crippen LogP contribution in [0.2, 0.25) is 0 Å². The number of amidine groups is 1. The number of hydrogen-bond donors (Lipinski definition) is 1. The van der Waals surface area contributed by atoms with Gasteiger partial charge in [-0.15, -0.1) is 10.2 Å². The van der Waals surface area contributed by atoms with Gasteiger partial charge >= 0.3 is 0 Å². The molecule has 5 heteroatoms. The first-order chi connectivity index (χ1) is 11.4.